The van der Waals surface area contributed by atoms with Crippen molar-refractivity contribution in [2.75, 3.05) is 31.2 Å². The number of rotatable bonds is 4. The normalized spacial score (nSPS) is 19.9. The Hall–Kier alpha value is -2.50. The quantitative estimate of drug-likeness (QED) is 0.846. The number of carbonyl (C=O) groups excluding carboxylic acids is 2. The van der Waals surface area contributed by atoms with Gasteiger partial charge in [-0.1, -0.05) is 6.08 Å². The van der Waals surface area contributed by atoms with Crippen LogP contribution >= 0.6 is 0 Å². The fourth-order valence-electron chi connectivity index (χ4n) is 2.65. The van der Waals surface area contributed by atoms with Crippen LogP contribution in [0.1, 0.15) is 6.42 Å². The lowest BCUT2D eigenvalue weighted by Gasteiger charge is -2.22. The zero-order valence-corrected chi connectivity index (χ0v) is 12.2. The lowest BCUT2D eigenvalue weighted by molar-refractivity contribution is -0.126. The highest BCUT2D eigenvalue weighted by atomic mass is 16.6. The smallest absolute Gasteiger partial charge is 0.227 e. The van der Waals surface area contributed by atoms with Crippen molar-refractivity contribution in [2.24, 2.45) is 5.92 Å². The van der Waals surface area contributed by atoms with Gasteiger partial charge in [-0.3, -0.25) is 9.59 Å². The highest BCUT2D eigenvalue weighted by Gasteiger charge is 2.35. The van der Waals surface area contributed by atoms with Crippen LogP contribution in [0, 0.1) is 5.92 Å². The van der Waals surface area contributed by atoms with Crippen LogP contribution in [0.25, 0.3) is 0 Å². The molecule has 1 saturated heterocycles. The van der Waals surface area contributed by atoms with E-state index in [1.165, 1.54) is 0 Å². The van der Waals surface area contributed by atoms with E-state index in [9.17, 15) is 9.59 Å². The fourth-order valence-corrected chi connectivity index (χ4v) is 2.65. The molecule has 2 aliphatic heterocycles. The fraction of sp³-hybridized carbons (Fsp3) is 0.375. The molecule has 2 heterocycles. The zero-order chi connectivity index (χ0) is 15.5. The van der Waals surface area contributed by atoms with Crippen LogP contribution in [0.3, 0.4) is 0 Å². The number of benzene rings is 1. The summed E-state index contributed by atoms with van der Waals surface area (Å²) < 4.78 is 11.0. The van der Waals surface area contributed by atoms with Crippen LogP contribution in [0.5, 0.6) is 11.5 Å². The number of hydrogen-bond donors (Lipinski definition) is 1. The molecular weight excluding hydrogens is 284 g/mol. The molecular formula is C16H18N2O4. The maximum Gasteiger partial charge on any atom is 0.227 e. The molecule has 0 saturated carbocycles. The molecule has 22 heavy (non-hydrogen) atoms. The van der Waals surface area contributed by atoms with E-state index in [0.29, 0.717) is 37.8 Å². The lowest BCUT2D eigenvalue weighted by Crippen LogP contribution is -2.33. The number of nitrogens with one attached hydrogen (secondary N) is 1. The van der Waals surface area contributed by atoms with Crippen molar-refractivity contribution in [3.05, 3.63) is 30.9 Å². The van der Waals surface area contributed by atoms with Crippen molar-refractivity contribution < 1.29 is 19.1 Å². The molecule has 2 aliphatic rings. The number of hydrogen-bond acceptors (Lipinski definition) is 4. The summed E-state index contributed by atoms with van der Waals surface area (Å²) in [6.07, 6.45) is 1.84. The maximum atomic E-state index is 12.2. The summed E-state index contributed by atoms with van der Waals surface area (Å²) in [6.45, 7) is 5.37. The largest absolute Gasteiger partial charge is 0.486 e. The van der Waals surface area contributed by atoms with Gasteiger partial charge in [-0.2, -0.15) is 0 Å². The Morgan fingerprint density at radius 1 is 1.36 bits per heavy atom. The first-order valence-electron chi connectivity index (χ1n) is 7.27. The second kappa shape index (κ2) is 6.09. The summed E-state index contributed by atoms with van der Waals surface area (Å²) >= 11 is 0. The van der Waals surface area contributed by atoms with E-state index in [-0.39, 0.29) is 24.2 Å². The molecule has 0 bridgehead atoms. The van der Waals surface area contributed by atoms with Gasteiger partial charge in [0.05, 0.1) is 5.92 Å². The predicted octanol–water partition coefficient (Wildman–Crippen LogP) is 1.11. The summed E-state index contributed by atoms with van der Waals surface area (Å²) in [7, 11) is 0. The molecule has 0 aromatic heterocycles. The minimum Gasteiger partial charge on any atom is -0.486 e. The van der Waals surface area contributed by atoms with Gasteiger partial charge < -0.3 is 19.7 Å². The average Bonchev–Trinajstić information content (AvgIpc) is 2.94. The van der Waals surface area contributed by atoms with Crippen molar-refractivity contribution in [1.29, 1.82) is 0 Å². The van der Waals surface area contributed by atoms with Crippen molar-refractivity contribution in [3.63, 3.8) is 0 Å². The first-order chi connectivity index (χ1) is 10.7. The standard InChI is InChI=1S/C16H18N2O4/c1-2-5-17-16(20)11-8-15(19)18(10-11)12-3-4-13-14(9-12)22-7-6-21-13/h2-4,9,11H,1,5-8,10H2,(H,17,20)/t11-/m1/s1. The van der Waals surface area contributed by atoms with E-state index >= 15 is 0 Å². The highest BCUT2D eigenvalue weighted by molar-refractivity contribution is 6.00. The molecule has 0 spiro atoms. The molecule has 2 amide bonds. The van der Waals surface area contributed by atoms with Crippen LogP contribution < -0.4 is 19.7 Å². The Morgan fingerprint density at radius 3 is 2.91 bits per heavy atom. The molecule has 116 valence electrons. The van der Waals surface area contributed by atoms with Gasteiger partial charge in [-0.05, 0) is 12.1 Å². The van der Waals surface area contributed by atoms with Gasteiger partial charge in [0, 0.05) is 31.3 Å². The Labute approximate surface area is 128 Å². The second-order valence-electron chi connectivity index (χ2n) is 5.27. The molecule has 1 fully saturated rings. The molecule has 6 nitrogen and oxygen atoms in total. The van der Waals surface area contributed by atoms with Gasteiger partial charge in [-0.25, -0.2) is 0 Å². The number of ether oxygens (including phenoxy) is 2. The third-order valence-corrected chi connectivity index (χ3v) is 3.75. The Kier molecular flexibility index (Phi) is 4.00. The molecule has 3 rings (SSSR count). The molecule has 0 unspecified atom stereocenters. The molecule has 1 aromatic carbocycles. The number of amides is 2. The Morgan fingerprint density at radius 2 is 2.14 bits per heavy atom. The van der Waals surface area contributed by atoms with E-state index in [4.69, 9.17) is 9.47 Å². The van der Waals surface area contributed by atoms with Gasteiger partial charge in [0.15, 0.2) is 11.5 Å². The van der Waals surface area contributed by atoms with E-state index in [1.54, 1.807) is 23.1 Å². The van der Waals surface area contributed by atoms with E-state index < -0.39 is 0 Å². The third kappa shape index (κ3) is 2.77. The first kappa shape index (κ1) is 14.4. The number of nitrogens with zero attached hydrogens (tertiary/aromatic N) is 1. The minimum atomic E-state index is -0.333. The summed E-state index contributed by atoms with van der Waals surface area (Å²) in [5, 5.41) is 2.74. The maximum absolute atomic E-state index is 12.2. The van der Waals surface area contributed by atoms with Gasteiger partial charge >= 0.3 is 0 Å². The average molecular weight is 302 g/mol. The molecule has 1 atom stereocenters. The van der Waals surface area contributed by atoms with Crippen LogP contribution in [0.15, 0.2) is 30.9 Å². The molecule has 1 N–H and O–H groups in total. The van der Waals surface area contributed by atoms with Gasteiger partial charge in [-0.15, -0.1) is 6.58 Å². The molecule has 0 radical (unpaired) electrons. The second-order valence-corrected chi connectivity index (χ2v) is 5.27. The number of fused-ring (bicyclic) bond motifs is 1. The highest BCUT2D eigenvalue weighted by Crippen LogP contribution is 2.35. The molecule has 0 aliphatic carbocycles. The summed E-state index contributed by atoms with van der Waals surface area (Å²) in [6, 6.07) is 5.40. The van der Waals surface area contributed by atoms with Crippen molar-refractivity contribution in [1.82, 2.24) is 5.32 Å². The lowest BCUT2D eigenvalue weighted by atomic mass is 10.1. The topological polar surface area (TPSA) is 67.9 Å². The number of carbonyl (C=O) groups is 2. The Bertz CT molecular complexity index is 614. The van der Waals surface area contributed by atoms with Crippen molar-refractivity contribution in [3.8, 4) is 11.5 Å². The summed E-state index contributed by atoms with van der Waals surface area (Å²) in [5.74, 6) is 0.808. The summed E-state index contributed by atoms with van der Waals surface area (Å²) in [5.41, 5.74) is 0.730. The first-order valence-corrected chi connectivity index (χ1v) is 7.27. The zero-order valence-electron chi connectivity index (χ0n) is 12.2. The van der Waals surface area contributed by atoms with E-state index in [1.807, 2.05) is 6.07 Å². The third-order valence-electron chi connectivity index (χ3n) is 3.75. The monoisotopic (exact) mass is 302 g/mol. The SMILES string of the molecule is C=CCNC(=O)[C@@H]1CC(=O)N(c2ccc3c(c2)OCCO3)C1. The molecule has 6 heteroatoms. The van der Waals surface area contributed by atoms with Crippen LogP contribution in [0.4, 0.5) is 5.69 Å². The van der Waals surface area contributed by atoms with Gasteiger partial charge in [0.1, 0.15) is 13.2 Å². The minimum absolute atomic E-state index is 0.0598. The summed E-state index contributed by atoms with van der Waals surface area (Å²) in [4.78, 5) is 25.8. The van der Waals surface area contributed by atoms with E-state index in [0.717, 1.165) is 5.69 Å². The number of anilines is 1. The van der Waals surface area contributed by atoms with Crippen molar-refractivity contribution in [2.45, 2.75) is 6.42 Å². The van der Waals surface area contributed by atoms with Crippen molar-refractivity contribution >= 4 is 17.5 Å². The molecule has 1 aromatic rings. The van der Waals surface area contributed by atoms with Crippen LogP contribution in [0.2, 0.25) is 0 Å². The van der Waals surface area contributed by atoms with Gasteiger partial charge in [0.25, 0.3) is 0 Å². The predicted molar refractivity (Wildman–Crippen MR) is 81.1 cm³/mol. The van der Waals surface area contributed by atoms with Crippen LogP contribution in [-0.2, 0) is 9.59 Å². The van der Waals surface area contributed by atoms with Crippen LogP contribution in [-0.4, -0.2) is 38.1 Å². The van der Waals surface area contributed by atoms with Gasteiger partial charge in [0.2, 0.25) is 11.8 Å². The van der Waals surface area contributed by atoms with E-state index in [2.05, 4.69) is 11.9 Å². The Balaban J connectivity index is 1.73.